The number of benzene rings is 1. The van der Waals surface area contributed by atoms with Crippen LogP contribution in [0.2, 0.25) is 0 Å². The zero-order chi connectivity index (χ0) is 18.4. The van der Waals surface area contributed by atoms with Crippen molar-refractivity contribution in [2.45, 2.75) is 46.6 Å². The summed E-state index contributed by atoms with van der Waals surface area (Å²) < 4.78 is 1.88. The average Bonchev–Trinajstić information content (AvgIpc) is 2.70. The first-order valence-corrected chi connectivity index (χ1v) is 7.82. The number of carboxylic acid groups (broad SMARTS) is 2. The van der Waals surface area contributed by atoms with Crippen molar-refractivity contribution in [3.8, 4) is 5.75 Å². The molecule has 130 valence electrons. The molecular weight excluding hydrogens is 310 g/mol. The van der Waals surface area contributed by atoms with Gasteiger partial charge in [0.05, 0.1) is 11.0 Å². The highest BCUT2D eigenvalue weighted by atomic mass is 16.4. The van der Waals surface area contributed by atoms with Gasteiger partial charge in [-0.25, -0.2) is 4.79 Å². The minimum atomic E-state index is -1.43. The largest absolute Gasteiger partial charge is 0.508 e. The third-order valence-corrected chi connectivity index (χ3v) is 4.39. The molecule has 0 saturated carbocycles. The number of phenols is 1. The summed E-state index contributed by atoms with van der Waals surface area (Å²) in [6.07, 6.45) is 0. The molecule has 1 heterocycles. The number of carbonyl (C=O) groups is 2. The molecule has 6 heteroatoms. The molecule has 1 aromatic carbocycles. The van der Waals surface area contributed by atoms with Crippen LogP contribution in [-0.4, -0.2) is 31.8 Å². The van der Waals surface area contributed by atoms with E-state index in [1.807, 2.05) is 18.4 Å². The van der Waals surface area contributed by atoms with Crippen molar-refractivity contribution in [3.05, 3.63) is 29.0 Å². The van der Waals surface area contributed by atoms with Gasteiger partial charge in [-0.3, -0.25) is 4.79 Å². The third kappa shape index (κ3) is 2.62. The van der Waals surface area contributed by atoms with Crippen molar-refractivity contribution in [1.29, 1.82) is 0 Å². The topological polar surface area (TPSA) is 99.8 Å². The van der Waals surface area contributed by atoms with Crippen LogP contribution in [0.5, 0.6) is 5.75 Å². The van der Waals surface area contributed by atoms with Crippen LogP contribution in [0, 0.1) is 12.8 Å². The molecule has 0 amide bonds. The van der Waals surface area contributed by atoms with Gasteiger partial charge in [-0.05, 0) is 38.8 Å². The van der Waals surface area contributed by atoms with Crippen LogP contribution in [-0.2, 0) is 16.8 Å². The van der Waals surface area contributed by atoms with Gasteiger partial charge in [0, 0.05) is 28.7 Å². The monoisotopic (exact) mass is 333 g/mol. The second-order valence-corrected chi connectivity index (χ2v) is 7.05. The van der Waals surface area contributed by atoms with Crippen molar-refractivity contribution in [2.24, 2.45) is 5.92 Å². The Balaban J connectivity index is 3.02. The lowest BCUT2D eigenvalue weighted by atomic mass is 9.81. The Hall–Kier alpha value is -2.50. The number of aromatic nitrogens is 1. The number of hydrogen-bond acceptors (Lipinski definition) is 3. The molecule has 0 fully saturated rings. The van der Waals surface area contributed by atoms with E-state index < -0.39 is 17.4 Å². The summed E-state index contributed by atoms with van der Waals surface area (Å²) in [6.45, 7) is 9.28. The van der Waals surface area contributed by atoms with E-state index in [1.54, 1.807) is 13.0 Å². The fraction of sp³-hybridized carbons (Fsp3) is 0.444. The van der Waals surface area contributed by atoms with Gasteiger partial charge in [0.2, 0.25) is 0 Å². The molecule has 3 N–H and O–H groups in total. The number of hydrogen-bond donors (Lipinski definition) is 3. The van der Waals surface area contributed by atoms with E-state index in [0.717, 1.165) is 0 Å². The fourth-order valence-electron chi connectivity index (χ4n) is 3.16. The maximum Gasteiger partial charge on any atom is 0.338 e. The molecule has 0 aliphatic carbocycles. The maximum absolute atomic E-state index is 11.9. The molecule has 0 aliphatic heterocycles. The second-order valence-electron chi connectivity index (χ2n) is 7.05. The molecule has 0 atom stereocenters. The van der Waals surface area contributed by atoms with Crippen molar-refractivity contribution in [3.63, 3.8) is 0 Å². The van der Waals surface area contributed by atoms with Crippen molar-refractivity contribution >= 4 is 22.8 Å². The quantitative estimate of drug-likeness (QED) is 0.779. The Bertz CT molecular complexity index is 830. The standard InChI is InChI=1S/C18H23NO5/c1-9(2)8-19-10(3)13(16(21)22)14-11(19)6-7-12(20)15(14)18(4,5)17(23)24/h6-7,9,20H,8H2,1-5H3,(H,21,22)(H,23,24). The number of carboxylic acids is 2. The number of aromatic hydroxyl groups is 1. The molecule has 1 aromatic heterocycles. The van der Waals surface area contributed by atoms with Crippen LogP contribution in [0.1, 0.15) is 49.3 Å². The van der Waals surface area contributed by atoms with Crippen LogP contribution >= 0.6 is 0 Å². The minimum absolute atomic E-state index is 0.0471. The van der Waals surface area contributed by atoms with Crippen molar-refractivity contribution in [1.82, 2.24) is 4.57 Å². The Morgan fingerprint density at radius 2 is 1.79 bits per heavy atom. The lowest BCUT2D eigenvalue weighted by Gasteiger charge is -2.22. The summed E-state index contributed by atoms with van der Waals surface area (Å²) in [7, 11) is 0. The SMILES string of the molecule is Cc1c(C(=O)O)c2c(C(C)(C)C(=O)O)c(O)ccc2n1CC(C)C. The smallest absolute Gasteiger partial charge is 0.338 e. The molecule has 0 aliphatic rings. The third-order valence-electron chi connectivity index (χ3n) is 4.39. The van der Waals surface area contributed by atoms with E-state index in [9.17, 15) is 24.9 Å². The molecule has 0 saturated heterocycles. The highest BCUT2D eigenvalue weighted by Gasteiger charge is 2.37. The summed E-state index contributed by atoms with van der Waals surface area (Å²) in [5.74, 6) is -2.19. The Kier molecular flexibility index (Phi) is 4.35. The Morgan fingerprint density at radius 1 is 1.21 bits per heavy atom. The number of rotatable bonds is 5. The van der Waals surface area contributed by atoms with Gasteiger partial charge < -0.3 is 19.9 Å². The first-order chi connectivity index (χ1) is 11.0. The predicted octanol–water partition coefficient (Wildman–Crippen LogP) is 3.37. The first kappa shape index (κ1) is 17.8. The fourth-order valence-corrected chi connectivity index (χ4v) is 3.16. The van der Waals surface area contributed by atoms with E-state index >= 15 is 0 Å². The number of fused-ring (bicyclic) bond motifs is 1. The Morgan fingerprint density at radius 3 is 2.25 bits per heavy atom. The van der Waals surface area contributed by atoms with E-state index in [0.29, 0.717) is 23.1 Å². The molecule has 0 unspecified atom stereocenters. The van der Waals surface area contributed by atoms with Gasteiger partial charge in [0.15, 0.2) is 0 Å². The second kappa shape index (κ2) is 5.85. The summed E-state index contributed by atoms with van der Waals surface area (Å²) in [6, 6.07) is 3.08. The van der Waals surface area contributed by atoms with Gasteiger partial charge in [-0.2, -0.15) is 0 Å². The number of phenolic OH excluding ortho intramolecular Hbond substituents is 1. The van der Waals surface area contributed by atoms with E-state index in [1.165, 1.54) is 19.9 Å². The van der Waals surface area contributed by atoms with Gasteiger partial charge in [0.25, 0.3) is 0 Å². The van der Waals surface area contributed by atoms with Crippen molar-refractivity contribution in [2.75, 3.05) is 0 Å². The van der Waals surface area contributed by atoms with E-state index in [2.05, 4.69) is 0 Å². The average molecular weight is 333 g/mol. The predicted molar refractivity (Wildman–Crippen MR) is 90.8 cm³/mol. The van der Waals surface area contributed by atoms with E-state index in [4.69, 9.17) is 0 Å². The molecular formula is C18H23NO5. The van der Waals surface area contributed by atoms with Gasteiger partial charge in [0.1, 0.15) is 5.75 Å². The number of aromatic carboxylic acids is 1. The Labute approximate surface area is 140 Å². The highest BCUT2D eigenvalue weighted by Crippen LogP contribution is 2.41. The first-order valence-electron chi connectivity index (χ1n) is 7.82. The molecule has 0 spiro atoms. The van der Waals surface area contributed by atoms with Gasteiger partial charge in [-0.1, -0.05) is 13.8 Å². The molecule has 24 heavy (non-hydrogen) atoms. The molecule has 0 bridgehead atoms. The molecule has 0 radical (unpaired) electrons. The normalized spacial score (nSPS) is 12.1. The summed E-state index contributed by atoms with van der Waals surface area (Å²) >= 11 is 0. The van der Waals surface area contributed by atoms with Crippen LogP contribution in [0.15, 0.2) is 12.1 Å². The molecule has 2 aromatic rings. The summed E-state index contributed by atoms with van der Waals surface area (Å²) in [5, 5.41) is 29.9. The highest BCUT2D eigenvalue weighted by molar-refractivity contribution is 6.09. The summed E-state index contributed by atoms with van der Waals surface area (Å²) in [4.78, 5) is 23.6. The van der Waals surface area contributed by atoms with E-state index in [-0.39, 0.29) is 22.8 Å². The minimum Gasteiger partial charge on any atom is -0.508 e. The van der Waals surface area contributed by atoms with Gasteiger partial charge in [-0.15, -0.1) is 0 Å². The van der Waals surface area contributed by atoms with Crippen LogP contribution < -0.4 is 0 Å². The van der Waals surface area contributed by atoms with Gasteiger partial charge >= 0.3 is 11.9 Å². The zero-order valence-corrected chi connectivity index (χ0v) is 14.5. The van der Waals surface area contributed by atoms with Crippen LogP contribution in [0.4, 0.5) is 0 Å². The van der Waals surface area contributed by atoms with Crippen LogP contribution in [0.25, 0.3) is 10.9 Å². The maximum atomic E-state index is 11.9. The summed E-state index contributed by atoms with van der Waals surface area (Å²) in [5.41, 5.74) is -0.0640. The molecule has 6 nitrogen and oxygen atoms in total. The van der Waals surface area contributed by atoms with Crippen molar-refractivity contribution < 1.29 is 24.9 Å². The number of nitrogens with zero attached hydrogens (tertiary/aromatic N) is 1. The molecule has 2 rings (SSSR count). The lowest BCUT2D eigenvalue weighted by Crippen LogP contribution is -2.29. The van der Waals surface area contributed by atoms with Crippen LogP contribution in [0.3, 0.4) is 0 Å². The number of aliphatic carboxylic acids is 1. The lowest BCUT2D eigenvalue weighted by molar-refractivity contribution is -0.142. The zero-order valence-electron chi connectivity index (χ0n) is 14.5.